The SMILES string of the molecule is CCOC1CCC(n2cc(NC(=O)c3csc(-c4cnn(C(CC(C)(C)C)OP(=O)(O)O)c4)n3)c(-c3nc(F)ccc3F)n2)CC1. The van der Waals surface area contributed by atoms with Gasteiger partial charge >= 0.3 is 7.82 Å². The number of ether oxygens (including phenoxy) is 1. The first-order chi connectivity index (χ1) is 21.7. The second kappa shape index (κ2) is 13.8. The summed E-state index contributed by atoms with van der Waals surface area (Å²) in [5, 5.41) is 13.5. The Morgan fingerprint density at radius 1 is 1.15 bits per heavy atom. The molecule has 1 aliphatic carbocycles. The third-order valence-corrected chi connectivity index (χ3v) is 8.77. The Balaban J connectivity index is 1.38. The van der Waals surface area contributed by atoms with Gasteiger partial charge in [-0.25, -0.2) is 23.6 Å². The van der Waals surface area contributed by atoms with Gasteiger partial charge in [0.1, 0.15) is 22.1 Å². The first-order valence-corrected chi connectivity index (χ1v) is 17.2. The lowest BCUT2D eigenvalue weighted by Crippen LogP contribution is -2.24. The highest BCUT2D eigenvalue weighted by Gasteiger charge is 2.30. The first-order valence-electron chi connectivity index (χ1n) is 14.8. The summed E-state index contributed by atoms with van der Waals surface area (Å²) in [6, 6.07) is 1.84. The monoisotopic (exact) mass is 679 g/mol. The molecular formula is C29H36F2N7O6PS. The summed E-state index contributed by atoms with van der Waals surface area (Å²) in [6.07, 6.45) is 7.13. The van der Waals surface area contributed by atoms with Crippen molar-refractivity contribution in [2.45, 2.75) is 78.2 Å². The lowest BCUT2D eigenvalue weighted by molar-refractivity contribution is 0.0260. The number of hydrogen-bond acceptors (Lipinski definition) is 9. The molecular weight excluding hydrogens is 643 g/mol. The zero-order chi connectivity index (χ0) is 33.2. The Bertz CT molecular complexity index is 1720. The van der Waals surface area contributed by atoms with E-state index in [2.05, 4.69) is 25.5 Å². The number of carbonyl (C=O) groups is 1. The van der Waals surface area contributed by atoms with Crippen molar-refractivity contribution in [1.82, 2.24) is 29.5 Å². The molecule has 4 heterocycles. The molecule has 1 unspecified atom stereocenters. The van der Waals surface area contributed by atoms with Crippen molar-refractivity contribution in [3.05, 3.63) is 53.6 Å². The molecule has 1 saturated carbocycles. The van der Waals surface area contributed by atoms with E-state index in [4.69, 9.17) is 9.26 Å². The molecule has 4 aromatic rings. The molecule has 46 heavy (non-hydrogen) atoms. The average Bonchev–Trinajstić information content (AvgIpc) is 3.73. The molecule has 0 saturated heterocycles. The van der Waals surface area contributed by atoms with E-state index in [0.717, 1.165) is 49.2 Å². The second-order valence-electron chi connectivity index (χ2n) is 12.2. The molecule has 248 valence electrons. The Morgan fingerprint density at radius 2 is 1.89 bits per heavy atom. The van der Waals surface area contributed by atoms with E-state index < -0.39 is 31.7 Å². The summed E-state index contributed by atoms with van der Waals surface area (Å²) < 4.78 is 54.2. The molecule has 0 aromatic carbocycles. The number of thiazole rings is 1. The number of rotatable bonds is 11. The van der Waals surface area contributed by atoms with Crippen LogP contribution in [-0.4, -0.2) is 57.9 Å². The quantitative estimate of drug-likeness (QED) is 0.120. The molecule has 3 N–H and O–H groups in total. The number of halogens is 2. The molecule has 13 nitrogen and oxygen atoms in total. The van der Waals surface area contributed by atoms with Crippen molar-refractivity contribution in [2.24, 2.45) is 5.41 Å². The van der Waals surface area contributed by atoms with Gasteiger partial charge in [0.05, 0.1) is 24.0 Å². The summed E-state index contributed by atoms with van der Waals surface area (Å²) in [5.41, 5.74) is 0.0249. The molecule has 4 aromatic heterocycles. The van der Waals surface area contributed by atoms with E-state index in [1.54, 1.807) is 10.9 Å². The van der Waals surface area contributed by atoms with Crippen LogP contribution in [0, 0.1) is 17.2 Å². The number of phosphoric acid groups is 1. The maximum absolute atomic E-state index is 14.8. The number of carbonyl (C=O) groups excluding carboxylic acids is 1. The topological polar surface area (TPSA) is 167 Å². The van der Waals surface area contributed by atoms with Crippen LogP contribution < -0.4 is 5.32 Å². The van der Waals surface area contributed by atoms with Gasteiger partial charge in [0.15, 0.2) is 12.0 Å². The number of hydrogen-bond donors (Lipinski definition) is 3. The highest BCUT2D eigenvalue weighted by molar-refractivity contribution is 7.46. The molecule has 1 atom stereocenters. The van der Waals surface area contributed by atoms with Gasteiger partial charge in [0.2, 0.25) is 5.95 Å². The van der Waals surface area contributed by atoms with Crippen molar-refractivity contribution in [3.63, 3.8) is 0 Å². The number of phosphoric ester groups is 1. The van der Waals surface area contributed by atoms with Crippen LogP contribution in [0.5, 0.6) is 0 Å². The molecule has 0 bridgehead atoms. The maximum Gasteiger partial charge on any atom is 0.471 e. The van der Waals surface area contributed by atoms with E-state index in [0.29, 0.717) is 17.2 Å². The van der Waals surface area contributed by atoms with Gasteiger partial charge in [-0.1, -0.05) is 20.8 Å². The molecule has 1 aliphatic rings. The molecule has 17 heteroatoms. The number of nitrogens with zero attached hydrogens (tertiary/aromatic N) is 6. The molecule has 0 spiro atoms. The van der Waals surface area contributed by atoms with Crippen LogP contribution in [0.25, 0.3) is 22.0 Å². The van der Waals surface area contributed by atoms with Crippen LogP contribution in [0.3, 0.4) is 0 Å². The minimum atomic E-state index is -4.81. The predicted molar refractivity (Wildman–Crippen MR) is 166 cm³/mol. The maximum atomic E-state index is 14.8. The Morgan fingerprint density at radius 3 is 2.57 bits per heavy atom. The van der Waals surface area contributed by atoms with Crippen LogP contribution in [0.4, 0.5) is 14.5 Å². The summed E-state index contributed by atoms with van der Waals surface area (Å²) in [4.78, 5) is 40.4. The van der Waals surface area contributed by atoms with Gasteiger partial charge in [0.25, 0.3) is 5.91 Å². The summed E-state index contributed by atoms with van der Waals surface area (Å²) >= 11 is 1.16. The molecule has 0 radical (unpaired) electrons. The van der Waals surface area contributed by atoms with E-state index in [1.165, 1.54) is 22.5 Å². The molecule has 5 rings (SSSR count). The van der Waals surface area contributed by atoms with Gasteiger partial charge in [-0.2, -0.15) is 14.6 Å². The second-order valence-corrected chi connectivity index (χ2v) is 14.3. The summed E-state index contributed by atoms with van der Waals surface area (Å²) in [6.45, 7) is 8.29. The fourth-order valence-corrected chi connectivity index (χ4v) is 6.57. The minimum absolute atomic E-state index is 0.0102. The number of amides is 1. The molecule has 0 aliphatic heterocycles. The fourth-order valence-electron chi connectivity index (χ4n) is 5.31. The Kier molecular flexibility index (Phi) is 10.2. The molecule has 1 amide bonds. The van der Waals surface area contributed by atoms with E-state index in [-0.39, 0.29) is 46.8 Å². The van der Waals surface area contributed by atoms with Gasteiger partial charge in [0, 0.05) is 29.9 Å². The minimum Gasteiger partial charge on any atom is -0.379 e. The predicted octanol–water partition coefficient (Wildman–Crippen LogP) is 6.36. The van der Waals surface area contributed by atoms with Gasteiger partial charge < -0.3 is 19.8 Å². The standard InChI is InChI=1S/C29H36F2N7O6PS/c1-5-43-19-8-6-18(7-9-19)37-15-21(26(36-37)25-20(30)10-11-23(31)35-25)33-27(39)22-16-46-28(34-22)17-13-32-38(14-17)24(12-29(2,3)4)44-45(40,41)42/h10-11,13-16,18-19,24H,5-9,12H2,1-4H3,(H,33,39)(H2,40,41,42). The van der Waals surface area contributed by atoms with Crippen LogP contribution in [0.1, 0.15) is 82.6 Å². The van der Waals surface area contributed by atoms with Crippen molar-refractivity contribution in [1.29, 1.82) is 0 Å². The lowest BCUT2D eigenvalue weighted by Gasteiger charge is -2.28. The zero-order valence-corrected chi connectivity index (χ0v) is 27.5. The van der Waals surface area contributed by atoms with Gasteiger partial charge in [-0.05, 0) is 56.6 Å². The number of anilines is 1. The van der Waals surface area contributed by atoms with Crippen LogP contribution in [0.15, 0.2) is 36.1 Å². The van der Waals surface area contributed by atoms with Crippen molar-refractivity contribution >= 4 is 30.8 Å². The normalized spacial score (nSPS) is 18.1. The van der Waals surface area contributed by atoms with Crippen LogP contribution in [-0.2, 0) is 13.8 Å². The number of pyridine rings is 1. The number of nitrogens with one attached hydrogen (secondary N) is 1. The third-order valence-electron chi connectivity index (χ3n) is 7.36. The average molecular weight is 680 g/mol. The van der Waals surface area contributed by atoms with Crippen molar-refractivity contribution < 1.29 is 37.2 Å². The van der Waals surface area contributed by atoms with Crippen molar-refractivity contribution in [3.8, 4) is 22.0 Å². The van der Waals surface area contributed by atoms with E-state index in [1.807, 2.05) is 27.7 Å². The highest BCUT2D eigenvalue weighted by atomic mass is 32.1. The Labute approximate surface area is 268 Å². The highest BCUT2D eigenvalue weighted by Crippen LogP contribution is 2.44. The van der Waals surface area contributed by atoms with Gasteiger partial charge in [-0.15, -0.1) is 11.3 Å². The molecule has 1 fully saturated rings. The zero-order valence-electron chi connectivity index (χ0n) is 25.8. The van der Waals surface area contributed by atoms with Gasteiger partial charge in [-0.3, -0.25) is 14.0 Å². The number of aromatic nitrogens is 6. The first kappa shape index (κ1) is 33.9. The van der Waals surface area contributed by atoms with E-state index in [9.17, 15) is 27.9 Å². The van der Waals surface area contributed by atoms with Crippen LogP contribution >= 0.6 is 19.2 Å². The summed E-state index contributed by atoms with van der Waals surface area (Å²) in [7, 11) is -4.81. The fraction of sp³-hybridized carbons (Fsp3) is 0.483. The van der Waals surface area contributed by atoms with E-state index >= 15 is 0 Å². The largest absolute Gasteiger partial charge is 0.471 e. The smallest absolute Gasteiger partial charge is 0.379 e. The van der Waals surface area contributed by atoms with Crippen molar-refractivity contribution in [2.75, 3.05) is 11.9 Å². The van der Waals surface area contributed by atoms with Crippen LogP contribution in [0.2, 0.25) is 0 Å². The Hall–Kier alpha value is -3.40. The lowest BCUT2D eigenvalue weighted by atomic mass is 9.91. The summed E-state index contributed by atoms with van der Waals surface area (Å²) in [5.74, 6) is -2.29. The third kappa shape index (κ3) is 8.49.